The highest BCUT2D eigenvalue weighted by atomic mass is 32.2. The Kier molecular flexibility index (Phi) is 3.60. The fourth-order valence-corrected chi connectivity index (χ4v) is 2.83. The number of aromatic nitrogens is 2. The topological polar surface area (TPSA) is 58.9 Å². The molecule has 1 atom stereocenters. The zero-order valence-electron chi connectivity index (χ0n) is 11.0. The molecule has 102 valence electrons. The number of para-hydroxylation sites is 1. The molecule has 2 heterocycles. The van der Waals surface area contributed by atoms with Gasteiger partial charge in [0.1, 0.15) is 11.6 Å². The summed E-state index contributed by atoms with van der Waals surface area (Å²) in [4.78, 5) is 19.4. The van der Waals surface area contributed by atoms with Crippen LogP contribution in [0.15, 0.2) is 51.9 Å². The van der Waals surface area contributed by atoms with Gasteiger partial charge in [0.25, 0.3) is 5.56 Å². The third-order valence-corrected chi connectivity index (χ3v) is 4.25. The number of rotatable bonds is 4. The van der Waals surface area contributed by atoms with Crippen LogP contribution in [0.2, 0.25) is 0 Å². The molecule has 0 aliphatic rings. The molecule has 0 spiro atoms. The number of nitrogens with zero attached hydrogens (tertiary/aromatic N) is 1. The summed E-state index contributed by atoms with van der Waals surface area (Å²) in [5.74, 6) is 2.38. The number of thioether (sulfide) groups is 1. The van der Waals surface area contributed by atoms with E-state index in [1.54, 1.807) is 24.1 Å². The second-order valence-electron chi connectivity index (χ2n) is 4.50. The normalized spacial score (nSPS) is 12.7. The number of fused-ring (bicyclic) bond motifs is 1. The van der Waals surface area contributed by atoms with Crippen molar-refractivity contribution in [2.75, 3.05) is 0 Å². The largest absolute Gasteiger partial charge is 0.468 e. The van der Waals surface area contributed by atoms with E-state index in [4.69, 9.17) is 4.42 Å². The predicted molar refractivity (Wildman–Crippen MR) is 80.8 cm³/mol. The van der Waals surface area contributed by atoms with Crippen molar-refractivity contribution in [1.82, 2.24) is 9.97 Å². The first-order valence-corrected chi connectivity index (χ1v) is 7.42. The molecule has 1 aromatic carbocycles. The van der Waals surface area contributed by atoms with Crippen molar-refractivity contribution >= 4 is 22.7 Å². The smallest absolute Gasteiger partial charge is 0.258 e. The third-order valence-electron chi connectivity index (χ3n) is 3.07. The maximum atomic E-state index is 12.0. The van der Waals surface area contributed by atoms with E-state index < -0.39 is 0 Å². The molecule has 1 N–H and O–H groups in total. The molecule has 2 aromatic heterocycles. The van der Waals surface area contributed by atoms with Crippen LogP contribution in [0, 0.1) is 0 Å². The highest BCUT2D eigenvalue weighted by Crippen LogP contribution is 2.28. The first kappa shape index (κ1) is 13.0. The van der Waals surface area contributed by atoms with Gasteiger partial charge in [0, 0.05) is 0 Å². The first-order valence-electron chi connectivity index (χ1n) is 6.37. The van der Waals surface area contributed by atoms with E-state index in [-0.39, 0.29) is 10.8 Å². The third kappa shape index (κ3) is 2.63. The van der Waals surface area contributed by atoms with E-state index in [0.29, 0.717) is 11.2 Å². The number of aromatic amines is 1. The molecule has 0 bridgehead atoms. The summed E-state index contributed by atoms with van der Waals surface area (Å²) in [6, 6.07) is 11.2. The van der Waals surface area contributed by atoms with Gasteiger partial charge in [0.05, 0.1) is 28.2 Å². The Morgan fingerprint density at radius 2 is 2.15 bits per heavy atom. The van der Waals surface area contributed by atoms with Crippen LogP contribution in [0.4, 0.5) is 0 Å². The lowest BCUT2D eigenvalue weighted by Gasteiger charge is -2.10. The molecule has 3 aromatic rings. The lowest BCUT2D eigenvalue weighted by Crippen LogP contribution is -2.12. The average molecular weight is 286 g/mol. The number of hydrogen-bond donors (Lipinski definition) is 1. The molecule has 0 aliphatic heterocycles. The van der Waals surface area contributed by atoms with Gasteiger partial charge in [0.2, 0.25) is 0 Å². The summed E-state index contributed by atoms with van der Waals surface area (Å²) in [7, 11) is 0. The van der Waals surface area contributed by atoms with E-state index in [2.05, 4.69) is 9.97 Å². The van der Waals surface area contributed by atoms with Gasteiger partial charge in [-0.05, 0) is 31.2 Å². The van der Waals surface area contributed by atoms with Crippen LogP contribution in [-0.4, -0.2) is 9.97 Å². The minimum atomic E-state index is -0.0870. The van der Waals surface area contributed by atoms with Crippen LogP contribution in [0.3, 0.4) is 0 Å². The number of furan rings is 1. The molecule has 0 saturated carbocycles. The van der Waals surface area contributed by atoms with E-state index >= 15 is 0 Å². The Morgan fingerprint density at radius 3 is 2.95 bits per heavy atom. The summed E-state index contributed by atoms with van der Waals surface area (Å²) in [6.45, 7) is 2.03. The quantitative estimate of drug-likeness (QED) is 0.797. The number of hydrogen-bond acceptors (Lipinski definition) is 4. The summed E-state index contributed by atoms with van der Waals surface area (Å²) in [5, 5.41) is 0.719. The highest BCUT2D eigenvalue weighted by Gasteiger charge is 2.12. The zero-order chi connectivity index (χ0) is 13.9. The molecule has 0 amide bonds. The van der Waals surface area contributed by atoms with Crippen LogP contribution in [-0.2, 0) is 5.75 Å². The molecule has 0 fully saturated rings. The zero-order valence-corrected chi connectivity index (χ0v) is 11.8. The van der Waals surface area contributed by atoms with Crippen LogP contribution in [0.5, 0.6) is 0 Å². The minimum Gasteiger partial charge on any atom is -0.468 e. The van der Waals surface area contributed by atoms with Gasteiger partial charge in [0.15, 0.2) is 0 Å². The molecule has 4 nitrogen and oxygen atoms in total. The van der Waals surface area contributed by atoms with Crippen molar-refractivity contribution in [3.63, 3.8) is 0 Å². The lowest BCUT2D eigenvalue weighted by atomic mass is 10.2. The van der Waals surface area contributed by atoms with E-state index in [9.17, 15) is 4.79 Å². The SMILES string of the molecule is CC(SCc1ccco1)c1nc2ccccc2c(=O)[nH]1. The van der Waals surface area contributed by atoms with Crippen LogP contribution in [0.25, 0.3) is 10.9 Å². The van der Waals surface area contributed by atoms with Crippen molar-refractivity contribution in [2.24, 2.45) is 0 Å². The molecule has 3 rings (SSSR count). The number of nitrogens with one attached hydrogen (secondary N) is 1. The summed E-state index contributed by atoms with van der Waals surface area (Å²) < 4.78 is 5.30. The molecular weight excluding hydrogens is 272 g/mol. The Balaban J connectivity index is 1.84. The van der Waals surface area contributed by atoms with Crippen molar-refractivity contribution in [3.8, 4) is 0 Å². The number of H-pyrrole nitrogens is 1. The summed E-state index contributed by atoms with van der Waals surface area (Å²) in [5.41, 5.74) is 0.646. The van der Waals surface area contributed by atoms with Gasteiger partial charge in [-0.15, -0.1) is 11.8 Å². The van der Waals surface area contributed by atoms with Gasteiger partial charge >= 0.3 is 0 Å². The van der Waals surface area contributed by atoms with Crippen LogP contribution in [0.1, 0.15) is 23.8 Å². The summed E-state index contributed by atoms with van der Waals surface area (Å²) >= 11 is 1.68. The molecular formula is C15H14N2O2S. The van der Waals surface area contributed by atoms with Crippen LogP contribution < -0.4 is 5.56 Å². The maximum absolute atomic E-state index is 12.0. The first-order chi connectivity index (χ1) is 9.74. The molecule has 20 heavy (non-hydrogen) atoms. The van der Waals surface area contributed by atoms with Crippen molar-refractivity contribution in [3.05, 3.63) is 64.6 Å². The monoisotopic (exact) mass is 286 g/mol. The molecule has 0 aliphatic carbocycles. The maximum Gasteiger partial charge on any atom is 0.258 e. The Labute approximate surface area is 120 Å². The second kappa shape index (κ2) is 5.54. The fraction of sp³-hybridized carbons (Fsp3) is 0.200. The van der Waals surface area contributed by atoms with Crippen molar-refractivity contribution < 1.29 is 4.42 Å². The summed E-state index contributed by atoms with van der Waals surface area (Å²) in [6.07, 6.45) is 1.66. The van der Waals surface area contributed by atoms with Crippen molar-refractivity contribution in [2.45, 2.75) is 17.9 Å². The van der Waals surface area contributed by atoms with Gasteiger partial charge in [-0.2, -0.15) is 0 Å². The molecule has 0 radical (unpaired) electrons. The van der Waals surface area contributed by atoms with Crippen LogP contribution >= 0.6 is 11.8 Å². The van der Waals surface area contributed by atoms with E-state index in [0.717, 1.165) is 17.0 Å². The van der Waals surface area contributed by atoms with Gasteiger partial charge in [-0.25, -0.2) is 4.98 Å². The van der Waals surface area contributed by atoms with E-state index in [1.807, 2.05) is 37.3 Å². The Hall–Kier alpha value is -2.01. The van der Waals surface area contributed by atoms with Gasteiger partial charge in [-0.3, -0.25) is 4.79 Å². The molecule has 5 heteroatoms. The number of benzene rings is 1. The molecule has 1 unspecified atom stereocenters. The fourth-order valence-electron chi connectivity index (χ4n) is 1.98. The highest BCUT2D eigenvalue weighted by molar-refractivity contribution is 7.98. The van der Waals surface area contributed by atoms with Gasteiger partial charge in [-0.1, -0.05) is 12.1 Å². The van der Waals surface area contributed by atoms with E-state index in [1.165, 1.54) is 0 Å². The Bertz CT molecular complexity index is 765. The predicted octanol–water partition coefficient (Wildman–Crippen LogP) is 3.51. The van der Waals surface area contributed by atoms with Gasteiger partial charge < -0.3 is 9.40 Å². The standard InChI is InChI=1S/C15H14N2O2S/c1-10(20-9-11-5-4-8-19-11)14-16-13-7-3-2-6-12(13)15(18)17-14/h2-8,10H,9H2,1H3,(H,16,17,18). The van der Waals surface area contributed by atoms with Crippen molar-refractivity contribution in [1.29, 1.82) is 0 Å². The minimum absolute atomic E-state index is 0.0870. The average Bonchev–Trinajstić information content (AvgIpc) is 2.98. The molecule has 0 saturated heterocycles. The lowest BCUT2D eigenvalue weighted by molar-refractivity contribution is 0.530. The second-order valence-corrected chi connectivity index (χ2v) is 5.83. The Morgan fingerprint density at radius 1 is 1.30 bits per heavy atom.